The summed E-state index contributed by atoms with van der Waals surface area (Å²) in [5.41, 5.74) is 1.37. The van der Waals surface area contributed by atoms with Crippen molar-refractivity contribution in [3.05, 3.63) is 36.7 Å². The molecule has 25 heavy (non-hydrogen) atoms. The number of carbonyl (C=O) groups excluding carboxylic acids is 1. The van der Waals surface area contributed by atoms with Crippen LogP contribution in [0.4, 0.5) is 0 Å². The van der Waals surface area contributed by atoms with E-state index in [-0.39, 0.29) is 11.3 Å². The highest BCUT2D eigenvalue weighted by Crippen LogP contribution is 2.46. The largest absolute Gasteiger partial charge is 0.354 e. The number of piperidine rings is 1. The van der Waals surface area contributed by atoms with E-state index in [4.69, 9.17) is 0 Å². The van der Waals surface area contributed by atoms with Crippen LogP contribution in [0.2, 0.25) is 0 Å². The summed E-state index contributed by atoms with van der Waals surface area (Å²) in [7, 11) is 0. The molecule has 0 radical (unpaired) electrons. The fourth-order valence-corrected chi connectivity index (χ4v) is 3.74. The summed E-state index contributed by atoms with van der Waals surface area (Å²) in [5.74, 6) is 0.505. The molecule has 0 bridgehead atoms. The maximum Gasteiger partial charge on any atom is 0.241 e. The molecule has 2 N–H and O–H groups in total. The van der Waals surface area contributed by atoms with Crippen LogP contribution in [-0.4, -0.2) is 44.9 Å². The summed E-state index contributed by atoms with van der Waals surface area (Å²) in [6, 6.07) is 2.05. The molecule has 0 spiro atoms. The van der Waals surface area contributed by atoms with Crippen LogP contribution in [0.3, 0.4) is 0 Å². The summed E-state index contributed by atoms with van der Waals surface area (Å²) < 4.78 is 3.96. The summed E-state index contributed by atoms with van der Waals surface area (Å²) in [5, 5.41) is 10.9. The minimum atomic E-state index is 0.0469. The highest BCUT2D eigenvalue weighted by Gasteiger charge is 2.43. The maximum atomic E-state index is 12.4. The molecule has 1 amide bonds. The van der Waals surface area contributed by atoms with Crippen LogP contribution < -0.4 is 10.6 Å². The smallest absolute Gasteiger partial charge is 0.241 e. The molecule has 7 nitrogen and oxygen atoms in total. The van der Waals surface area contributed by atoms with Crippen LogP contribution in [0.25, 0.3) is 0 Å². The minimum absolute atomic E-state index is 0.0469. The Labute approximate surface area is 147 Å². The zero-order valence-corrected chi connectivity index (χ0v) is 14.5. The average Bonchev–Trinajstić information content (AvgIpc) is 3.00. The number of imidazole rings is 1. The quantitative estimate of drug-likeness (QED) is 0.791. The van der Waals surface area contributed by atoms with Crippen LogP contribution in [0.15, 0.2) is 31.0 Å². The summed E-state index contributed by atoms with van der Waals surface area (Å²) >= 11 is 0. The molecule has 1 saturated carbocycles. The van der Waals surface area contributed by atoms with Crippen molar-refractivity contribution in [2.45, 2.75) is 44.7 Å². The molecule has 2 aromatic rings. The van der Waals surface area contributed by atoms with Crippen LogP contribution in [-0.2, 0) is 17.9 Å². The molecule has 2 fully saturated rings. The van der Waals surface area contributed by atoms with Crippen molar-refractivity contribution in [1.29, 1.82) is 0 Å². The summed E-state index contributed by atoms with van der Waals surface area (Å²) in [4.78, 5) is 16.5. The van der Waals surface area contributed by atoms with Crippen molar-refractivity contribution in [1.82, 2.24) is 30.0 Å². The molecule has 1 atom stereocenters. The highest BCUT2D eigenvalue weighted by molar-refractivity contribution is 5.75. The van der Waals surface area contributed by atoms with E-state index in [0.29, 0.717) is 12.5 Å². The van der Waals surface area contributed by atoms with Crippen LogP contribution in [0.5, 0.6) is 0 Å². The van der Waals surface area contributed by atoms with Gasteiger partial charge in [0.25, 0.3) is 0 Å². The van der Waals surface area contributed by atoms with Crippen molar-refractivity contribution < 1.29 is 4.79 Å². The first-order valence-electron chi connectivity index (χ1n) is 9.19. The van der Waals surface area contributed by atoms with E-state index in [1.807, 2.05) is 23.3 Å². The van der Waals surface area contributed by atoms with Crippen LogP contribution in [0, 0.1) is 5.41 Å². The van der Waals surface area contributed by atoms with E-state index in [1.165, 1.54) is 12.1 Å². The Hall–Kier alpha value is -2.15. The van der Waals surface area contributed by atoms with Crippen molar-refractivity contribution in [3.8, 4) is 0 Å². The monoisotopic (exact) mass is 342 g/mol. The van der Waals surface area contributed by atoms with Crippen LogP contribution in [0.1, 0.15) is 37.3 Å². The van der Waals surface area contributed by atoms with Gasteiger partial charge < -0.3 is 15.2 Å². The fourth-order valence-electron chi connectivity index (χ4n) is 3.74. The molecule has 0 unspecified atom stereocenters. The van der Waals surface area contributed by atoms with Gasteiger partial charge in [0.2, 0.25) is 5.91 Å². The third kappa shape index (κ3) is 3.92. The number of hydrogen-bond acceptors (Lipinski definition) is 4. The van der Waals surface area contributed by atoms with Crippen molar-refractivity contribution in [2.24, 2.45) is 5.41 Å². The van der Waals surface area contributed by atoms with Crippen molar-refractivity contribution in [3.63, 3.8) is 0 Å². The van der Waals surface area contributed by atoms with E-state index in [9.17, 15) is 4.79 Å². The van der Waals surface area contributed by atoms with Gasteiger partial charge in [0, 0.05) is 55.3 Å². The second kappa shape index (κ2) is 7.00. The Morgan fingerprint density at radius 2 is 2.32 bits per heavy atom. The van der Waals surface area contributed by atoms with Crippen LogP contribution >= 0.6 is 0 Å². The van der Waals surface area contributed by atoms with E-state index < -0.39 is 0 Å². The Morgan fingerprint density at radius 3 is 3.04 bits per heavy atom. The van der Waals surface area contributed by atoms with Gasteiger partial charge >= 0.3 is 0 Å². The number of nitrogens with zero attached hydrogens (tertiary/aromatic N) is 4. The van der Waals surface area contributed by atoms with Gasteiger partial charge in [0.1, 0.15) is 6.54 Å². The van der Waals surface area contributed by atoms with Gasteiger partial charge in [-0.25, -0.2) is 4.98 Å². The predicted octanol–water partition coefficient (Wildman–Crippen LogP) is 1.14. The number of nitrogens with one attached hydrogen (secondary N) is 2. The first kappa shape index (κ1) is 16.3. The molecule has 2 aromatic heterocycles. The minimum Gasteiger partial charge on any atom is -0.354 e. The Balaban J connectivity index is 1.30. The lowest BCUT2D eigenvalue weighted by Crippen LogP contribution is -2.36. The Morgan fingerprint density at radius 1 is 1.40 bits per heavy atom. The van der Waals surface area contributed by atoms with Gasteiger partial charge in [0.15, 0.2) is 0 Å². The standard InChI is InChI=1S/C18H26N6O/c25-17(21-12-18(4-5-18)13-23-9-8-20-14-23)11-24-16(3-7-22-24)15-2-1-6-19-10-15/h3,7-9,14-15,19H,1-2,4-6,10-13H2,(H,21,25)/t15-/m0/s1. The fraction of sp³-hybridized carbons (Fsp3) is 0.611. The summed E-state index contributed by atoms with van der Waals surface area (Å²) in [6.07, 6.45) is 12.1. The highest BCUT2D eigenvalue weighted by atomic mass is 16.2. The molecule has 2 aliphatic rings. The molecule has 1 aliphatic heterocycles. The number of carbonyl (C=O) groups is 1. The third-order valence-electron chi connectivity index (χ3n) is 5.45. The van der Waals surface area contributed by atoms with E-state index in [2.05, 4.69) is 25.3 Å². The number of rotatable bonds is 7. The zero-order chi connectivity index (χ0) is 17.1. The van der Waals surface area contributed by atoms with Gasteiger partial charge in [-0.2, -0.15) is 5.10 Å². The van der Waals surface area contributed by atoms with E-state index in [0.717, 1.165) is 45.4 Å². The van der Waals surface area contributed by atoms with E-state index in [1.54, 1.807) is 12.4 Å². The van der Waals surface area contributed by atoms with Crippen molar-refractivity contribution in [2.75, 3.05) is 19.6 Å². The second-order valence-corrected chi connectivity index (χ2v) is 7.47. The molecule has 3 heterocycles. The van der Waals surface area contributed by atoms with Gasteiger partial charge in [-0.1, -0.05) is 0 Å². The van der Waals surface area contributed by atoms with Gasteiger partial charge in [-0.15, -0.1) is 0 Å². The lowest BCUT2D eigenvalue weighted by molar-refractivity contribution is -0.122. The number of aromatic nitrogens is 4. The van der Waals surface area contributed by atoms with Gasteiger partial charge in [0.05, 0.1) is 6.33 Å². The second-order valence-electron chi connectivity index (χ2n) is 7.47. The topological polar surface area (TPSA) is 76.8 Å². The molecule has 1 aliphatic carbocycles. The molecule has 0 aromatic carbocycles. The molecule has 134 valence electrons. The van der Waals surface area contributed by atoms with Gasteiger partial charge in [-0.3, -0.25) is 9.48 Å². The third-order valence-corrected chi connectivity index (χ3v) is 5.45. The first-order valence-corrected chi connectivity index (χ1v) is 9.19. The molecular weight excluding hydrogens is 316 g/mol. The van der Waals surface area contributed by atoms with Crippen molar-refractivity contribution >= 4 is 5.91 Å². The maximum absolute atomic E-state index is 12.4. The van der Waals surface area contributed by atoms with Gasteiger partial charge in [-0.05, 0) is 38.3 Å². The lowest BCUT2D eigenvalue weighted by Gasteiger charge is -2.23. The molecule has 4 rings (SSSR count). The first-order chi connectivity index (χ1) is 12.2. The predicted molar refractivity (Wildman–Crippen MR) is 94.0 cm³/mol. The Bertz CT molecular complexity index is 697. The average molecular weight is 342 g/mol. The lowest BCUT2D eigenvalue weighted by atomic mass is 9.96. The van der Waals surface area contributed by atoms with E-state index >= 15 is 0 Å². The number of hydrogen-bond donors (Lipinski definition) is 2. The number of amides is 1. The molecule has 7 heteroatoms. The Kier molecular flexibility index (Phi) is 4.57. The zero-order valence-electron chi connectivity index (χ0n) is 14.5. The summed E-state index contributed by atoms with van der Waals surface area (Å²) in [6.45, 7) is 4.02. The molecule has 1 saturated heterocycles. The normalized spacial score (nSPS) is 21.8. The SMILES string of the molecule is O=C(Cn1nccc1[C@H]1CCCNC1)NCC1(Cn2ccnc2)CC1. The molecular formula is C18H26N6O.